The Bertz CT molecular complexity index is 1610. The van der Waals surface area contributed by atoms with Crippen molar-refractivity contribution in [3.05, 3.63) is 101 Å². The molecule has 182 valence electrons. The number of nitrogens with zero attached hydrogens (tertiary/aromatic N) is 2. The van der Waals surface area contributed by atoms with Crippen LogP contribution in [0.1, 0.15) is 28.0 Å². The van der Waals surface area contributed by atoms with Gasteiger partial charge in [0.05, 0.1) is 16.8 Å². The number of carbonyl (C=O) groups excluding carboxylic acids is 2. The third kappa shape index (κ3) is 4.73. The highest BCUT2D eigenvalue weighted by Crippen LogP contribution is 2.31. The Balaban J connectivity index is 1.11. The molecule has 0 spiro atoms. The van der Waals surface area contributed by atoms with Gasteiger partial charge in [0.15, 0.2) is 11.7 Å². The number of fused-ring (bicyclic) bond motifs is 2. The minimum Gasteiger partial charge on any atom is -0.452 e. The molecule has 1 N–H and O–H groups in total. The first-order valence-corrected chi connectivity index (χ1v) is 13.0. The van der Waals surface area contributed by atoms with Crippen LogP contribution in [0.3, 0.4) is 0 Å². The molecule has 1 aliphatic carbocycles. The highest BCUT2D eigenvalue weighted by Gasteiger charge is 2.25. The van der Waals surface area contributed by atoms with Crippen LogP contribution in [-0.4, -0.2) is 28.5 Å². The summed E-state index contributed by atoms with van der Waals surface area (Å²) in [6.07, 6.45) is 2.60. The number of ether oxygens (including phenoxy) is 1. The molecule has 0 fully saturated rings. The maximum Gasteiger partial charge on any atom is 0.339 e. The van der Waals surface area contributed by atoms with Gasteiger partial charge < -0.3 is 4.74 Å². The Morgan fingerprint density at radius 2 is 1.57 bits per heavy atom. The normalized spacial score (nSPS) is 12.3. The second kappa shape index (κ2) is 9.95. The predicted octanol–water partition coefficient (Wildman–Crippen LogP) is 6.31. The number of pyridine rings is 1. The molecule has 0 radical (unpaired) electrons. The summed E-state index contributed by atoms with van der Waals surface area (Å²) in [6, 6.07) is 25.9. The van der Waals surface area contributed by atoms with E-state index in [0.717, 1.165) is 63.8 Å². The minimum absolute atomic E-state index is 0.384. The Labute approximate surface area is 218 Å². The molecule has 5 aromatic rings. The smallest absolute Gasteiger partial charge is 0.339 e. The van der Waals surface area contributed by atoms with Gasteiger partial charge in [-0.3, -0.25) is 15.1 Å². The maximum atomic E-state index is 13.1. The summed E-state index contributed by atoms with van der Waals surface area (Å²) in [4.78, 5) is 34.8. The fourth-order valence-corrected chi connectivity index (χ4v) is 5.47. The number of esters is 1. The van der Waals surface area contributed by atoms with Crippen LogP contribution < -0.4 is 5.32 Å². The molecular formula is C30H23N3O3S. The lowest BCUT2D eigenvalue weighted by Crippen LogP contribution is -2.21. The highest BCUT2D eigenvalue weighted by molar-refractivity contribution is 7.14. The molecule has 0 atom stereocenters. The molecular weight excluding hydrogens is 482 g/mol. The van der Waals surface area contributed by atoms with Crippen molar-refractivity contribution in [1.82, 2.24) is 9.97 Å². The number of aromatic nitrogens is 2. The lowest BCUT2D eigenvalue weighted by molar-refractivity contribution is -0.119. The number of hydrogen-bond donors (Lipinski definition) is 1. The van der Waals surface area contributed by atoms with E-state index in [4.69, 9.17) is 9.72 Å². The Morgan fingerprint density at radius 1 is 0.838 bits per heavy atom. The fourth-order valence-electron chi connectivity index (χ4n) is 4.73. The summed E-state index contributed by atoms with van der Waals surface area (Å²) in [6.45, 7) is -0.384. The number of thiazole rings is 1. The van der Waals surface area contributed by atoms with Crippen LogP contribution in [0.4, 0.5) is 5.13 Å². The van der Waals surface area contributed by atoms with Crippen LogP contribution in [0.15, 0.2) is 84.2 Å². The molecule has 7 heteroatoms. The second-order valence-corrected chi connectivity index (χ2v) is 9.75. The van der Waals surface area contributed by atoms with Crippen LogP contribution >= 0.6 is 11.3 Å². The van der Waals surface area contributed by atoms with Crippen LogP contribution in [0.2, 0.25) is 0 Å². The Morgan fingerprint density at radius 3 is 2.41 bits per heavy atom. The van der Waals surface area contributed by atoms with E-state index >= 15 is 0 Å². The van der Waals surface area contributed by atoms with Crippen LogP contribution in [0.25, 0.3) is 33.3 Å². The topological polar surface area (TPSA) is 81.2 Å². The van der Waals surface area contributed by atoms with Gasteiger partial charge in [-0.1, -0.05) is 72.8 Å². The van der Waals surface area contributed by atoms with Crippen molar-refractivity contribution in [2.24, 2.45) is 0 Å². The molecule has 0 bridgehead atoms. The quantitative estimate of drug-likeness (QED) is 0.274. The molecule has 3 aromatic carbocycles. The molecule has 37 heavy (non-hydrogen) atoms. The van der Waals surface area contributed by atoms with E-state index in [9.17, 15) is 9.59 Å². The minimum atomic E-state index is -0.495. The number of carbonyl (C=O) groups is 2. The summed E-state index contributed by atoms with van der Waals surface area (Å²) >= 11 is 1.33. The van der Waals surface area contributed by atoms with Crippen molar-refractivity contribution in [3.63, 3.8) is 0 Å². The Hall–Kier alpha value is -4.36. The van der Waals surface area contributed by atoms with Crippen molar-refractivity contribution >= 4 is 39.2 Å². The third-order valence-corrected chi connectivity index (χ3v) is 7.25. The van der Waals surface area contributed by atoms with Gasteiger partial charge in [0.2, 0.25) is 0 Å². The summed E-state index contributed by atoms with van der Waals surface area (Å²) in [7, 11) is 0. The summed E-state index contributed by atoms with van der Waals surface area (Å²) in [5.74, 6) is -0.922. The standard InChI is InChI=1S/C30H23N3O3S/c34-27(17-36-29(35)28-22-9-4-5-11-24(22)31-25-12-6-10-23(25)28)33-30-32-26(18-37-30)21-15-13-20(14-16-21)19-7-2-1-3-8-19/h1-5,7-9,11,13-16,18H,6,10,12,17H2,(H,32,33,34). The molecule has 1 amide bonds. The number of benzene rings is 3. The first-order valence-electron chi connectivity index (χ1n) is 12.1. The van der Waals surface area contributed by atoms with Crippen molar-refractivity contribution < 1.29 is 14.3 Å². The summed E-state index contributed by atoms with van der Waals surface area (Å²) in [5.41, 5.74) is 7.20. The Kier molecular flexibility index (Phi) is 6.20. The van der Waals surface area contributed by atoms with Crippen LogP contribution in [-0.2, 0) is 22.4 Å². The third-order valence-electron chi connectivity index (χ3n) is 6.50. The zero-order valence-corrected chi connectivity index (χ0v) is 20.8. The first kappa shape index (κ1) is 23.1. The van der Waals surface area contributed by atoms with E-state index in [1.54, 1.807) is 0 Å². The summed E-state index contributed by atoms with van der Waals surface area (Å²) in [5, 5.41) is 5.86. The number of amides is 1. The van der Waals surface area contributed by atoms with E-state index < -0.39 is 11.9 Å². The first-order chi connectivity index (χ1) is 18.2. The van der Waals surface area contributed by atoms with Gasteiger partial charge in [0.1, 0.15) is 0 Å². The molecule has 0 saturated heterocycles. The van der Waals surface area contributed by atoms with E-state index in [1.165, 1.54) is 11.3 Å². The van der Waals surface area contributed by atoms with Gasteiger partial charge in [-0.05, 0) is 42.0 Å². The van der Waals surface area contributed by atoms with Crippen molar-refractivity contribution in [2.75, 3.05) is 11.9 Å². The molecule has 0 aliphatic heterocycles. The molecule has 6 rings (SSSR count). The van der Waals surface area contributed by atoms with E-state index in [-0.39, 0.29) is 6.61 Å². The number of hydrogen-bond acceptors (Lipinski definition) is 6. The van der Waals surface area contributed by atoms with Crippen LogP contribution in [0, 0.1) is 0 Å². The predicted molar refractivity (Wildman–Crippen MR) is 146 cm³/mol. The number of rotatable bonds is 6. The SMILES string of the molecule is O=C(COC(=O)c1c2c(nc3ccccc13)CCC2)Nc1nc(-c2ccc(-c3ccccc3)cc2)cs1. The second-order valence-electron chi connectivity index (χ2n) is 8.89. The lowest BCUT2D eigenvalue weighted by atomic mass is 10.0. The van der Waals surface area contributed by atoms with Gasteiger partial charge >= 0.3 is 5.97 Å². The number of para-hydroxylation sites is 1. The maximum absolute atomic E-state index is 13.1. The van der Waals surface area contributed by atoms with E-state index in [2.05, 4.69) is 34.6 Å². The molecule has 2 heterocycles. The molecule has 0 unspecified atom stereocenters. The molecule has 0 saturated carbocycles. The monoisotopic (exact) mass is 505 g/mol. The number of aryl methyl sites for hydroxylation is 1. The van der Waals surface area contributed by atoms with E-state index in [1.807, 2.05) is 60.0 Å². The van der Waals surface area contributed by atoms with Gasteiger partial charge in [-0.25, -0.2) is 9.78 Å². The number of anilines is 1. The average molecular weight is 506 g/mol. The average Bonchev–Trinajstić information content (AvgIpc) is 3.60. The number of nitrogens with one attached hydrogen (secondary N) is 1. The molecule has 2 aromatic heterocycles. The lowest BCUT2D eigenvalue weighted by Gasteiger charge is -2.12. The van der Waals surface area contributed by atoms with Gasteiger partial charge in [-0.15, -0.1) is 11.3 Å². The largest absolute Gasteiger partial charge is 0.452 e. The van der Waals surface area contributed by atoms with Gasteiger partial charge in [0, 0.05) is 22.0 Å². The highest BCUT2D eigenvalue weighted by atomic mass is 32.1. The van der Waals surface area contributed by atoms with Crippen molar-refractivity contribution in [3.8, 4) is 22.4 Å². The zero-order valence-electron chi connectivity index (χ0n) is 19.9. The summed E-state index contributed by atoms with van der Waals surface area (Å²) < 4.78 is 5.44. The zero-order chi connectivity index (χ0) is 25.2. The molecule has 1 aliphatic rings. The molecule has 6 nitrogen and oxygen atoms in total. The van der Waals surface area contributed by atoms with Crippen molar-refractivity contribution in [1.29, 1.82) is 0 Å². The van der Waals surface area contributed by atoms with E-state index in [0.29, 0.717) is 10.7 Å². The van der Waals surface area contributed by atoms with Crippen LogP contribution in [0.5, 0.6) is 0 Å². The fraction of sp³-hybridized carbons (Fsp3) is 0.133. The van der Waals surface area contributed by atoms with Gasteiger partial charge in [0.25, 0.3) is 5.91 Å². The van der Waals surface area contributed by atoms with Gasteiger partial charge in [-0.2, -0.15) is 0 Å². The van der Waals surface area contributed by atoms with Crippen molar-refractivity contribution in [2.45, 2.75) is 19.3 Å².